The van der Waals surface area contributed by atoms with Crippen molar-refractivity contribution in [2.75, 3.05) is 0 Å². The molecule has 4 nitrogen and oxygen atoms in total. The van der Waals surface area contributed by atoms with Crippen molar-refractivity contribution >= 4 is 5.91 Å². The number of aromatic nitrogens is 1. The molecule has 94 valence electrons. The minimum atomic E-state index is -0.431. The number of carbonyl (C=O) groups is 1. The molecule has 2 atom stereocenters. The second-order valence-electron chi connectivity index (χ2n) is 4.75. The summed E-state index contributed by atoms with van der Waals surface area (Å²) >= 11 is 0. The first-order valence-electron chi connectivity index (χ1n) is 5.96. The van der Waals surface area contributed by atoms with Crippen molar-refractivity contribution in [2.45, 2.75) is 39.3 Å². The van der Waals surface area contributed by atoms with E-state index in [1.165, 1.54) is 0 Å². The maximum Gasteiger partial charge on any atom is 0.237 e. The van der Waals surface area contributed by atoms with Gasteiger partial charge in [0, 0.05) is 12.4 Å². The predicted octanol–water partition coefficient (Wildman–Crippen LogP) is 1.63. The van der Waals surface area contributed by atoms with E-state index in [1.807, 2.05) is 19.1 Å². The summed E-state index contributed by atoms with van der Waals surface area (Å²) in [6.45, 7) is 6.05. The summed E-state index contributed by atoms with van der Waals surface area (Å²) in [6, 6.07) is 3.31. The summed E-state index contributed by atoms with van der Waals surface area (Å²) in [6.07, 6.45) is 4.13. The van der Waals surface area contributed by atoms with Gasteiger partial charge in [0.25, 0.3) is 0 Å². The Morgan fingerprint density at radius 3 is 2.47 bits per heavy atom. The SMILES string of the molecule is CC(C)C[C@@H](N)C(=O)N[C@H](C)c1ccncc1. The summed E-state index contributed by atoms with van der Waals surface area (Å²) < 4.78 is 0. The third-order valence-corrected chi connectivity index (χ3v) is 2.63. The van der Waals surface area contributed by atoms with Crippen LogP contribution in [-0.2, 0) is 4.79 Å². The summed E-state index contributed by atoms with van der Waals surface area (Å²) in [7, 11) is 0. The van der Waals surface area contributed by atoms with Gasteiger partial charge in [-0.3, -0.25) is 9.78 Å². The lowest BCUT2D eigenvalue weighted by Gasteiger charge is -2.18. The Morgan fingerprint density at radius 1 is 1.35 bits per heavy atom. The number of rotatable bonds is 5. The maximum atomic E-state index is 11.8. The fourth-order valence-corrected chi connectivity index (χ4v) is 1.67. The topological polar surface area (TPSA) is 68.0 Å². The van der Waals surface area contributed by atoms with Crippen molar-refractivity contribution < 1.29 is 4.79 Å². The Labute approximate surface area is 103 Å². The molecule has 0 aliphatic rings. The van der Waals surface area contributed by atoms with Gasteiger partial charge in [0.1, 0.15) is 0 Å². The highest BCUT2D eigenvalue weighted by Crippen LogP contribution is 2.11. The molecule has 3 N–H and O–H groups in total. The lowest BCUT2D eigenvalue weighted by Crippen LogP contribution is -2.42. The molecule has 0 spiro atoms. The first kappa shape index (κ1) is 13.6. The number of pyridine rings is 1. The van der Waals surface area contributed by atoms with Gasteiger partial charge in [-0.2, -0.15) is 0 Å². The quantitative estimate of drug-likeness (QED) is 0.815. The van der Waals surface area contributed by atoms with Crippen LogP contribution in [0.5, 0.6) is 0 Å². The van der Waals surface area contributed by atoms with E-state index in [4.69, 9.17) is 5.73 Å². The van der Waals surface area contributed by atoms with Crippen LogP contribution < -0.4 is 11.1 Å². The fourth-order valence-electron chi connectivity index (χ4n) is 1.67. The zero-order valence-electron chi connectivity index (χ0n) is 10.7. The number of amides is 1. The second-order valence-corrected chi connectivity index (χ2v) is 4.75. The zero-order chi connectivity index (χ0) is 12.8. The Kier molecular flexibility index (Phi) is 5.10. The summed E-state index contributed by atoms with van der Waals surface area (Å²) in [5.74, 6) is 0.329. The molecule has 0 unspecified atom stereocenters. The molecule has 0 saturated carbocycles. The highest BCUT2D eigenvalue weighted by molar-refractivity contribution is 5.81. The molecular formula is C13H21N3O. The van der Waals surface area contributed by atoms with Gasteiger partial charge in [0.05, 0.1) is 12.1 Å². The molecule has 0 fully saturated rings. The standard InChI is InChI=1S/C13H21N3O/c1-9(2)8-12(14)13(17)16-10(3)11-4-6-15-7-5-11/h4-7,9-10,12H,8,14H2,1-3H3,(H,16,17)/t10-,12-/m1/s1. The normalized spacial score (nSPS) is 14.4. The Bertz CT molecular complexity index is 351. The van der Waals surface area contributed by atoms with Crippen LogP contribution in [0.3, 0.4) is 0 Å². The van der Waals surface area contributed by atoms with Crippen LogP contribution in [0.25, 0.3) is 0 Å². The number of nitrogens with two attached hydrogens (primary N) is 1. The van der Waals surface area contributed by atoms with E-state index in [2.05, 4.69) is 24.1 Å². The largest absolute Gasteiger partial charge is 0.348 e. The molecule has 1 heterocycles. The molecule has 0 aliphatic carbocycles. The van der Waals surface area contributed by atoms with Crippen LogP contribution in [0, 0.1) is 5.92 Å². The van der Waals surface area contributed by atoms with E-state index in [0.29, 0.717) is 12.3 Å². The maximum absolute atomic E-state index is 11.8. The first-order chi connectivity index (χ1) is 8.00. The van der Waals surface area contributed by atoms with E-state index in [0.717, 1.165) is 5.56 Å². The lowest BCUT2D eigenvalue weighted by atomic mass is 10.0. The van der Waals surface area contributed by atoms with E-state index in [9.17, 15) is 4.79 Å². The van der Waals surface area contributed by atoms with Crippen molar-refractivity contribution in [1.82, 2.24) is 10.3 Å². The van der Waals surface area contributed by atoms with Crippen molar-refractivity contribution in [1.29, 1.82) is 0 Å². The van der Waals surface area contributed by atoms with Crippen LogP contribution in [-0.4, -0.2) is 16.9 Å². The van der Waals surface area contributed by atoms with Crippen molar-refractivity contribution in [2.24, 2.45) is 11.7 Å². The molecule has 1 aromatic rings. The van der Waals surface area contributed by atoms with E-state index < -0.39 is 6.04 Å². The molecule has 1 aromatic heterocycles. The van der Waals surface area contributed by atoms with E-state index in [1.54, 1.807) is 12.4 Å². The van der Waals surface area contributed by atoms with Crippen molar-refractivity contribution in [3.05, 3.63) is 30.1 Å². The van der Waals surface area contributed by atoms with Gasteiger partial charge in [-0.05, 0) is 37.0 Å². The highest BCUT2D eigenvalue weighted by Gasteiger charge is 2.17. The average molecular weight is 235 g/mol. The number of nitrogens with zero attached hydrogens (tertiary/aromatic N) is 1. The predicted molar refractivity (Wildman–Crippen MR) is 68.2 cm³/mol. The molecule has 0 radical (unpaired) electrons. The lowest BCUT2D eigenvalue weighted by molar-refractivity contribution is -0.123. The Balaban J connectivity index is 2.51. The summed E-state index contributed by atoms with van der Waals surface area (Å²) in [5, 5.41) is 2.91. The van der Waals surface area contributed by atoms with Gasteiger partial charge >= 0.3 is 0 Å². The minimum absolute atomic E-state index is 0.0382. The molecule has 4 heteroatoms. The average Bonchev–Trinajstić information content (AvgIpc) is 2.29. The fraction of sp³-hybridized carbons (Fsp3) is 0.538. The molecule has 17 heavy (non-hydrogen) atoms. The van der Waals surface area contributed by atoms with Crippen molar-refractivity contribution in [3.8, 4) is 0 Å². The van der Waals surface area contributed by atoms with E-state index in [-0.39, 0.29) is 11.9 Å². The summed E-state index contributed by atoms with van der Waals surface area (Å²) in [4.78, 5) is 15.8. The van der Waals surface area contributed by atoms with Gasteiger partial charge in [0.2, 0.25) is 5.91 Å². The monoisotopic (exact) mass is 235 g/mol. The van der Waals surface area contributed by atoms with Crippen LogP contribution >= 0.6 is 0 Å². The van der Waals surface area contributed by atoms with Gasteiger partial charge in [0.15, 0.2) is 0 Å². The molecule has 0 saturated heterocycles. The minimum Gasteiger partial charge on any atom is -0.348 e. The number of nitrogens with one attached hydrogen (secondary N) is 1. The number of hydrogen-bond donors (Lipinski definition) is 2. The van der Waals surface area contributed by atoms with Crippen LogP contribution in [0.15, 0.2) is 24.5 Å². The van der Waals surface area contributed by atoms with Gasteiger partial charge in [-0.25, -0.2) is 0 Å². The Hall–Kier alpha value is -1.42. The van der Waals surface area contributed by atoms with Crippen LogP contribution in [0.4, 0.5) is 0 Å². The number of carbonyl (C=O) groups excluding carboxylic acids is 1. The van der Waals surface area contributed by atoms with E-state index >= 15 is 0 Å². The first-order valence-corrected chi connectivity index (χ1v) is 5.96. The second kappa shape index (κ2) is 6.35. The molecule has 1 rings (SSSR count). The zero-order valence-corrected chi connectivity index (χ0v) is 10.7. The highest BCUT2D eigenvalue weighted by atomic mass is 16.2. The summed E-state index contributed by atoms with van der Waals surface area (Å²) in [5.41, 5.74) is 6.85. The van der Waals surface area contributed by atoms with Crippen LogP contribution in [0.1, 0.15) is 38.8 Å². The third kappa shape index (κ3) is 4.53. The van der Waals surface area contributed by atoms with Gasteiger partial charge in [-0.15, -0.1) is 0 Å². The van der Waals surface area contributed by atoms with Gasteiger partial charge < -0.3 is 11.1 Å². The molecular weight excluding hydrogens is 214 g/mol. The third-order valence-electron chi connectivity index (χ3n) is 2.63. The Morgan fingerprint density at radius 2 is 1.94 bits per heavy atom. The van der Waals surface area contributed by atoms with Crippen LogP contribution in [0.2, 0.25) is 0 Å². The molecule has 0 aliphatic heterocycles. The van der Waals surface area contributed by atoms with Crippen molar-refractivity contribution in [3.63, 3.8) is 0 Å². The molecule has 0 bridgehead atoms. The molecule has 0 aromatic carbocycles. The number of hydrogen-bond acceptors (Lipinski definition) is 3. The molecule has 1 amide bonds. The smallest absolute Gasteiger partial charge is 0.237 e. The van der Waals surface area contributed by atoms with Gasteiger partial charge in [-0.1, -0.05) is 13.8 Å².